The zero-order valence-electron chi connectivity index (χ0n) is 11.8. The Morgan fingerprint density at radius 3 is 1.68 bits per heavy atom. The number of para-hydroxylation sites is 2. The first-order valence-corrected chi connectivity index (χ1v) is 6.91. The van der Waals surface area contributed by atoms with E-state index in [-0.39, 0.29) is 0 Å². The van der Waals surface area contributed by atoms with Crippen molar-refractivity contribution in [2.75, 3.05) is 0 Å². The van der Waals surface area contributed by atoms with E-state index in [4.69, 9.17) is 9.47 Å². The molecule has 0 aliphatic heterocycles. The van der Waals surface area contributed by atoms with Gasteiger partial charge in [-0.1, -0.05) is 36.4 Å². The molecule has 0 bridgehead atoms. The van der Waals surface area contributed by atoms with Crippen molar-refractivity contribution in [3.8, 4) is 17.2 Å². The third-order valence-electron chi connectivity index (χ3n) is 3.02. The first-order valence-electron chi connectivity index (χ1n) is 6.91. The van der Waals surface area contributed by atoms with E-state index >= 15 is 0 Å². The number of esters is 1. The molecule has 0 N–H and O–H groups in total. The first kappa shape index (κ1) is 13.9. The molecule has 0 atom stereocenters. The lowest BCUT2D eigenvalue weighted by Gasteiger charge is -2.07. The lowest BCUT2D eigenvalue weighted by molar-refractivity contribution is 0.0735. The number of ether oxygens (including phenoxy) is 2. The number of hydrogen-bond acceptors (Lipinski definition) is 3. The maximum Gasteiger partial charge on any atom is 0.343 e. The van der Waals surface area contributed by atoms with Crippen LogP contribution in [0, 0.1) is 0 Å². The summed E-state index contributed by atoms with van der Waals surface area (Å²) in [5, 5.41) is 0. The Bertz CT molecular complexity index is 735. The Labute approximate surface area is 128 Å². The largest absolute Gasteiger partial charge is 0.457 e. The Balaban J connectivity index is 1.67. The predicted molar refractivity (Wildman–Crippen MR) is 84.4 cm³/mol. The van der Waals surface area contributed by atoms with Crippen molar-refractivity contribution in [1.82, 2.24) is 0 Å². The van der Waals surface area contributed by atoms with Gasteiger partial charge in [-0.15, -0.1) is 0 Å². The zero-order valence-corrected chi connectivity index (χ0v) is 11.8. The Hall–Kier alpha value is -3.07. The standard InChI is InChI=1S/C19H14O3/c20-19(22-17-9-5-2-6-10-17)15-11-13-18(14-12-15)21-16-7-3-1-4-8-16/h1-14H. The fourth-order valence-electron chi connectivity index (χ4n) is 1.94. The Kier molecular flexibility index (Phi) is 4.16. The van der Waals surface area contributed by atoms with E-state index in [2.05, 4.69) is 0 Å². The molecule has 0 radical (unpaired) electrons. The second-order valence-electron chi connectivity index (χ2n) is 4.64. The summed E-state index contributed by atoms with van der Waals surface area (Å²) in [6.45, 7) is 0. The van der Waals surface area contributed by atoms with Gasteiger partial charge in [-0.05, 0) is 48.5 Å². The molecule has 0 saturated heterocycles. The maximum absolute atomic E-state index is 12.0. The van der Waals surface area contributed by atoms with Crippen molar-refractivity contribution in [3.05, 3.63) is 90.5 Å². The molecule has 3 heteroatoms. The van der Waals surface area contributed by atoms with Crippen LogP contribution in [0.15, 0.2) is 84.9 Å². The van der Waals surface area contributed by atoms with Crippen molar-refractivity contribution >= 4 is 5.97 Å². The summed E-state index contributed by atoms with van der Waals surface area (Å²) in [6, 6.07) is 25.3. The van der Waals surface area contributed by atoms with Crippen LogP contribution in [0.2, 0.25) is 0 Å². The van der Waals surface area contributed by atoms with Gasteiger partial charge < -0.3 is 9.47 Å². The number of hydrogen-bond donors (Lipinski definition) is 0. The molecular weight excluding hydrogens is 276 g/mol. The van der Waals surface area contributed by atoms with Crippen LogP contribution in [-0.2, 0) is 0 Å². The van der Waals surface area contributed by atoms with Crippen molar-refractivity contribution < 1.29 is 14.3 Å². The van der Waals surface area contributed by atoms with Gasteiger partial charge in [0.05, 0.1) is 5.56 Å². The van der Waals surface area contributed by atoms with E-state index in [1.807, 2.05) is 48.5 Å². The van der Waals surface area contributed by atoms with E-state index in [0.29, 0.717) is 17.1 Å². The molecule has 0 unspecified atom stereocenters. The first-order chi connectivity index (χ1) is 10.8. The smallest absolute Gasteiger partial charge is 0.343 e. The summed E-state index contributed by atoms with van der Waals surface area (Å²) in [5.41, 5.74) is 0.476. The Morgan fingerprint density at radius 2 is 1.09 bits per heavy atom. The number of carbonyl (C=O) groups excluding carboxylic acids is 1. The average Bonchev–Trinajstić information content (AvgIpc) is 2.57. The fourth-order valence-corrected chi connectivity index (χ4v) is 1.94. The quantitative estimate of drug-likeness (QED) is 0.516. The van der Waals surface area contributed by atoms with E-state index in [0.717, 1.165) is 5.75 Å². The van der Waals surface area contributed by atoms with Gasteiger partial charge in [-0.3, -0.25) is 0 Å². The van der Waals surface area contributed by atoms with E-state index in [1.165, 1.54) is 0 Å². The monoisotopic (exact) mass is 290 g/mol. The number of rotatable bonds is 4. The van der Waals surface area contributed by atoms with Gasteiger partial charge in [0, 0.05) is 0 Å². The second-order valence-corrected chi connectivity index (χ2v) is 4.64. The summed E-state index contributed by atoms with van der Waals surface area (Å²) >= 11 is 0. The highest BCUT2D eigenvalue weighted by molar-refractivity contribution is 5.91. The van der Waals surface area contributed by atoms with Crippen molar-refractivity contribution in [2.24, 2.45) is 0 Å². The van der Waals surface area contributed by atoms with Gasteiger partial charge in [-0.2, -0.15) is 0 Å². The van der Waals surface area contributed by atoms with Gasteiger partial charge >= 0.3 is 5.97 Å². The van der Waals surface area contributed by atoms with Gasteiger partial charge in [0.25, 0.3) is 0 Å². The van der Waals surface area contributed by atoms with Crippen molar-refractivity contribution in [1.29, 1.82) is 0 Å². The van der Waals surface area contributed by atoms with Crippen LogP contribution in [0.25, 0.3) is 0 Å². The van der Waals surface area contributed by atoms with Crippen LogP contribution < -0.4 is 9.47 Å². The summed E-state index contributed by atoms with van der Waals surface area (Å²) in [6.07, 6.45) is 0. The highest BCUT2D eigenvalue weighted by Gasteiger charge is 2.08. The second kappa shape index (κ2) is 6.59. The summed E-state index contributed by atoms with van der Waals surface area (Å²) in [4.78, 5) is 12.0. The van der Waals surface area contributed by atoms with Gasteiger partial charge in [0.2, 0.25) is 0 Å². The van der Waals surface area contributed by atoms with E-state index in [9.17, 15) is 4.79 Å². The van der Waals surface area contributed by atoms with Crippen LogP contribution in [-0.4, -0.2) is 5.97 Å². The third-order valence-corrected chi connectivity index (χ3v) is 3.02. The molecule has 0 saturated carbocycles. The summed E-state index contributed by atoms with van der Waals surface area (Å²) in [5.74, 6) is 1.55. The minimum atomic E-state index is -0.391. The molecule has 3 nitrogen and oxygen atoms in total. The molecule has 3 rings (SSSR count). The molecule has 0 aliphatic rings. The van der Waals surface area contributed by atoms with Crippen LogP contribution in [0.5, 0.6) is 17.2 Å². The van der Waals surface area contributed by atoms with Crippen LogP contribution >= 0.6 is 0 Å². The zero-order chi connectivity index (χ0) is 15.2. The van der Waals surface area contributed by atoms with Gasteiger partial charge in [0.1, 0.15) is 17.2 Å². The lowest BCUT2D eigenvalue weighted by Crippen LogP contribution is -2.08. The Morgan fingerprint density at radius 1 is 0.591 bits per heavy atom. The molecule has 0 heterocycles. The summed E-state index contributed by atoms with van der Waals surface area (Å²) in [7, 11) is 0. The fraction of sp³-hybridized carbons (Fsp3) is 0. The van der Waals surface area contributed by atoms with Crippen LogP contribution in [0.3, 0.4) is 0 Å². The number of carbonyl (C=O) groups is 1. The molecule has 3 aromatic rings. The van der Waals surface area contributed by atoms with Crippen molar-refractivity contribution in [2.45, 2.75) is 0 Å². The molecule has 22 heavy (non-hydrogen) atoms. The highest BCUT2D eigenvalue weighted by atomic mass is 16.5. The normalized spacial score (nSPS) is 10.0. The van der Waals surface area contributed by atoms with Crippen molar-refractivity contribution in [3.63, 3.8) is 0 Å². The molecule has 108 valence electrons. The van der Waals surface area contributed by atoms with Gasteiger partial charge in [-0.25, -0.2) is 4.79 Å². The molecule has 0 aromatic heterocycles. The predicted octanol–water partition coefficient (Wildman–Crippen LogP) is 4.70. The summed E-state index contributed by atoms with van der Waals surface area (Å²) < 4.78 is 11.0. The molecule has 0 fully saturated rings. The molecule has 0 spiro atoms. The van der Waals surface area contributed by atoms with Gasteiger partial charge in [0.15, 0.2) is 0 Å². The molecule has 0 amide bonds. The highest BCUT2D eigenvalue weighted by Crippen LogP contribution is 2.21. The SMILES string of the molecule is O=C(Oc1ccccc1)c1ccc(Oc2ccccc2)cc1. The van der Waals surface area contributed by atoms with Crippen LogP contribution in [0.1, 0.15) is 10.4 Å². The van der Waals surface area contributed by atoms with E-state index in [1.54, 1.807) is 36.4 Å². The molecule has 3 aromatic carbocycles. The third kappa shape index (κ3) is 3.52. The molecule has 0 aliphatic carbocycles. The lowest BCUT2D eigenvalue weighted by atomic mass is 10.2. The van der Waals surface area contributed by atoms with Crippen LogP contribution in [0.4, 0.5) is 0 Å². The maximum atomic E-state index is 12.0. The minimum absolute atomic E-state index is 0.391. The molecular formula is C19H14O3. The van der Waals surface area contributed by atoms with E-state index < -0.39 is 5.97 Å². The topological polar surface area (TPSA) is 35.5 Å². The minimum Gasteiger partial charge on any atom is -0.457 e. The average molecular weight is 290 g/mol. The number of benzene rings is 3.